The van der Waals surface area contributed by atoms with Crippen LogP contribution in [0.5, 0.6) is 0 Å². The maximum Gasteiger partial charge on any atom is 0.416 e. The number of halogens is 3. The molecule has 3 rings (SSSR count). The molecule has 0 amide bonds. The average molecular weight is 342 g/mol. The summed E-state index contributed by atoms with van der Waals surface area (Å²) < 4.78 is 38.1. The maximum atomic E-state index is 12.7. The van der Waals surface area contributed by atoms with Crippen molar-refractivity contribution in [3.63, 3.8) is 0 Å². The highest BCUT2D eigenvalue weighted by molar-refractivity contribution is 5.71. The lowest BCUT2D eigenvalue weighted by atomic mass is 9.94. The van der Waals surface area contributed by atoms with Crippen LogP contribution in [-0.4, -0.2) is 0 Å². The van der Waals surface area contributed by atoms with Gasteiger partial charge in [0.1, 0.15) is 0 Å². The van der Waals surface area contributed by atoms with Crippen molar-refractivity contribution in [2.24, 2.45) is 0 Å². The fourth-order valence-corrected chi connectivity index (χ4v) is 2.74. The van der Waals surface area contributed by atoms with E-state index in [2.05, 4.69) is 0 Å². The number of anilines is 2. The van der Waals surface area contributed by atoms with E-state index in [0.717, 1.165) is 34.4 Å². The Morgan fingerprint density at radius 1 is 0.720 bits per heavy atom. The van der Waals surface area contributed by atoms with Crippen LogP contribution < -0.4 is 11.5 Å². The molecule has 0 saturated heterocycles. The van der Waals surface area contributed by atoms with Gasteiger partial charge >= 0.3 is 6.18 Å². The molecule has 0 radical (unpaired) electrons. The molecule has 3 aromatic rings. The molecule has 2 nitrogen and oxygen atoms in total. The zero-order valence-electron chi connectivity index (χ0n) is 13.3. The smallest absolute Gasteiger partial charge is 0.399 e. The van der Waals surface area contributed by atoms with Crippen molar-refractivity contribution < 1.29 is 13.2 Å². The van der Waals surface area contributed by atoms with Crippen molar-refractivity contribution >= 4 is 11.4 Å². The van der Waals surface area contributed by atoms with Crippen LogP contribution in [0.2, 0.25) is 0 Å². The molecule has 0 spiro atoms. The van der Waals surface area contributed by atoms with Gasteiger partial charge in [0.15, 0.2) is 0 Å². The van der Waals surface area contributed by atoms with Crippen LogP contribution >= 0.6 is 0 Å². The number of alkyl halides is 3. The molecular formula is C20H17F3N2. The number of nitrogen functional groups attached to an aromatic ring is 2. The third kappa shape index (κ3) is 3.94. The van der Waals surface area contributed by atoms with Gasteiger partial charge in [-0.3, -0.25) is 0 Å². The minimum Gasteiger partial charge on any atom is -0.399 e. The van der Waals surface area contributed by atoms with E-state index >= 15 is 0 Å². The Morgan fingerprint density at radius 2 is 1.32 bits per heavy atom. The largest absolute Gasteiger partial charge is 0.416 e. The zero-order chi connectivity index (χ0) is 18.0. The van der Waals surface area contributed by atoms with Crippen molar-refractivity contribution in [3.8, 4) is 11.1 Å². The Hall–Kier alpha value is -2.95. The Kier molecular flexibility index (Phi) is 4.40. The van der Waals surface area contributed by atoms with Crippen LogP contribution in [0.15, 0.2) is 66.7 Å². The standard InChI is InChI=1S/C20H17F3N2/c21-20(22,23)16-5-1-13(2-6-16)11-15-12-18(25)9-10-19(15)14-3-7-17(24)8-4-14/h1-10,12H,11,24-25H2. The number of nitrogens with two attached hydrogens (primary N) is 2. The molecule has 0 aromatic heterocycles. The fourth-order valence-electron chi connectivity index (χ4n) is 2.74. The zero-order valence-corrected chi connectivity index (χ0v) is 13.3. The molecule has 4 N–H and O–H groups in total. The summed E-state index contributed by atoms with van der Waals surface area (Å²) in [4.78, 5) is 0. The third-order valence-corrected chi connectivity index (χ3v) is 4.03. The third-order valence-electron chi connectivity index (χ3n) is 4.03. The van der Waals surface area contributed by atoms with E-state index in [1.807, 2.05) is 42.5 Å². The quantitative estimate of drug-likeness (QED) is 0.649. The van der Waals surface area contributed by atoms with Gasteiger partial charge < -0.3 is 11.5 Å². The number of rotatable bonds is 3. The summed E-state index contributed by atoms with van der Waals surface area (Å²) in [5.74, 6) is 0. The summed E-state index contributed by atoms with van der Waals surface area (Å²) >= 11 is 0. The van der Waals surface area contributed by atoms with Crippen molar-refractivity contribution in [2.45, 2.75) is 12.6 Å². The molecule has 0 heterocycles. The molecule has 3 aromatic carbocycles. The van der Waals surface area contributed by atoms with Gasteiger partial charge in [-0.15, -0.1) is 0 Å². The second kappa shape index (κ2) is 6.51. The first kappa shape index (κ1) is 16.9. The van der Waals surface area contributed by atoms with E-state index in [1.165, 1.54) is 12.1 Å². The van der Waals surface area contributed by atoms with Crippen LogP contribution in [0.1, 0.15) is 16.7 Å². The van der Waals surface area contributed by atoms with Gasteiger partial charge in [0, 0.05) is 11.4 Å². The molecule has 128 valence electrons. The fraction of sp³-hybridized carbons (Fsp3) is 0.100. The molecule has 0 saturated carbocycles. The van der Waals surface area contributed by atoms with Crippen LogP contribution in [0.25, 0.3) is 11.1 Å². The van der Waals surface area contributed by atoms with Gasteiger partial charge in [-0.2, -0.15) is 13.2 Å². The van der Waals surface area contributed by atoms with E-state index < -0.39 is 11.7 Å². The summed E-state index contributed by atoms with van der Waals surface area (Å²) in [5, 5.41) is 0. The van der Waals surface area contributed by atoms with E-state index in [4.69, 9.17) is 11.5 Å². The summed E-state index contributed by atoms with van der Waals surface area (Å²) in [6, 6.07) is 18.2. The highest BCUT2D eigenvalue weighted by Crippen LogP contribution is 2.31. The molecule has 0 aliphatic heterocycles. The summed E-state index contributed by atoms with van der Waals surface area (Å²) in [5.41, 5.74) is 16.0. The minimum absolute atomic E-state index is 0.489. The average Bonchev–Trinajstić information content (AvgIpc) is 2.56. The Bertz CT molecular complexity index is 867. The first-order chi connectivity index (χ1) is 11.8. The lowest BCUT2D eigenvalue weighted by Crippen LogP contribution is -2.04. The predicted molar refractivity (Wildman–Crippen MR) is 95.0 cm³/mol. The van der Waals surface area contributed by atoms with Crippen molar-refractivity contribution in [3.05, 3.63) is 83.4 Å². The molecule has 0 fully saturated rings. The van der Waals surface area contributed by atoms with E-state index in [1.54, 1.807) is 0 Å². The topological polar surface area (TPSA) is 52.0 Å². The second-order valence-corrected chi connectivity index (χ2v) is 5.91. The molecule has 0 aliphatic rings. The summed E-state index contributed by atoms with van der Waals surface area (Å²) in [6.45, 7) is 0. The van der Waals surface area contributed by atoms with Gasteiger partial charge in [0.25, 0.3) is 0 Å². The maximum absolute atomic E-state index is 12.7. The van der Waals surface area contributed by atoms with Crippen LogP contribution in [0, 0.1) is 0 Å². The predicted octanol–water partition coefficient (Wildman–Crippen LogP) is 5.13. The van der Waals surface area contributed by atoms with E-state index in [0.29, 0.717) is 17.8 Å². The highest BCUT2D eigenvalue weighted by atomic mass is 19.4. The number of benzene rings is 3. The van der Waals surface area contributed by atoms with Gasteiger partial charge in [0.05, 0.1) is 5.56 Å². The van der Waals surface area contributed by atoms with Crippen LogP contribution in [-0.2, 0) is 12.6 Å². The molecule has 0 atom stereocenters. The molecular weight excluding hydrogens is 325 g/mol. The molecule has 0 unspecified atom stereocenters. The van der Waals surface area contributed by atoms with E-state index in [-0.39, 0.29) is 0 Å². The van der Waals surface area contributed by atoms with Gasteiger partial charge in [-0.25, -0.2) is 0 Å². The lowest BCUT2D eigenvalue weighted by Gasteiger charge is -2.12. The van der Waals surface area contributed by atoms with Crippen molar-refractivity contribution in [1.82, 2.24) is 0 Å². The first-order valence-corrected chi connectivity index (χ1v) is 7.73. The lowest BCUT2D eigenvalue weighted by molar-refractivity contribution is -0.137. The summed E-state index contributed by atoms with van der Waals surface area (Å²) in [7, 11) is 0. The van der Waals surface area contributed by atoms with Crippen LogP contribution in [0.3, 0.4) is 0 Å². The van der Waals surface area contributed by atoms with Crippen LogP contribution in [0.4, 0.5) is 24.5 Å². The Balaban J connectivity index is 1.94. The van der Waals surface area contributed by atoms with Crippen molar-refractivity contribution in [1.29, 1.82) is 0 Å². The Morgan fingerprint density at radius 3 is 1.92 bits per heavy atom. The Labute approximate surface area is 143 Å². The number of hydrogen-bond acceptors (Lipinski definition) is 2. The first-order valence-electron chi connectivity index (χ1n) is 7.73. The normalized spacial score (nSPS) is 11.5. The van der Waals surface area contributed by atoms with Gasteiger partial charge in [-0.1, -0.05) is 30.3 Å². The SMILES string of the molecule is Nc1ccc(-c2ccc(N)cc2Cc2ccc(C(F)(F)F)cc2)cc1. The highest BCUT2D eigenvalue weighted by Gasteiger charge is 2.29. The second-order valence-electron chi connectivity index (χ2n) is 5.91. The monoisotopic (exact) mass is 342 g/mol. The minimum atomic E-state index is -4.33. The molecule has 5 heteroatoms. The van der Waals surface area contributed by atoms with Gasteiger partial charge in [0.2, 0.25) is 0 Å². The van der Waals surface area contributed by atoms with E-state index in [9.17, 15) is 13.2 Å². The molecule has 0 bridgehead atoms. The molecule has 0 aliphatic carbocycles. The van der Waals surface area contributed by atoms with Crippen molar-refractivity contribution in [2.75, 3.05) is 11.5 Å². The van der Waals surface area contributed by atoms with Gasteiger partial charge in [-0.05, 0) is 65.1 Å². The summed E-state index contributed by atoms with van der Waals surface area (Å²) in [6.07, 6.45) is -3.84. The number of hydrogen-bond donors (Lipinski definition) is 2. The molecule has 25 heavy (non-hydrogen) atoms.